The number of alkyl carbamates (subject to hydrolysis) is 1. The second-order valence-corrected chi connectivity index (χ2v) is 9.32. The summed E-state index contributed by atoms with van der Waals surface area (Å²) in [5.41, 5.74) is 0.470. The summed E-state index contributed by atoms with van der Waals surface area (Å²) in [7, 11) is 1.63. The van der Waals surface area contributed by atoms with Gasteiger partial charge in [-0.1, -0.05) is 25.5 Å². The maximum Gasteiger partial charge on any atom is 0.407 e. The lowest BCUT2D eigenvalue weighted by atomic mass is 9.89. The first-order valence-electron chi connectivity index (χ1n) is 11.0. The van der Waals surface area contributed by atoms with Crippen LogP contribution in [0.3, 0.4) is 0 Å². The maximum atomic E-state index is 12.4. The predicted octanol–water partition coefficient (Wildman–Crippen LogP) is 5.03. The third-order valence-electron chi connectivity index (χ3n) is 5.25. The van der Waals surface area contributed by atoms with Crippen LogP contribution in [0, 0.1) is 5.92 Å². The van der Waals surface area contributed by atoms with Crippen molar-refractivity contribution in [2.75, 3.05) is 7.11 Å². The molecule has 1 aliphatic carbocycles. The van der Waals surface area contributed by atoms with Gasteiger partial charge in [0.1, 0.15) is 17.5 Å². The van der Waals surface area contributed by atoms with Crippen LogP contribution in [0.4, 0.5) is 4.79 Å². The van der Waals surface area contributed by atoms with Crippen molar-refractivity contribution in [2.45, 2.75) is 90.4 Å². The van der Waals surface area contributed by atoms with Gasteiger partial charge in [-0.2, -0.15) is 0 Å². The Balaban J connectivity index is 1.93. The Morgan fingerprint density at radius 3 is 2.47 bits per heavy atom. The van der Waals surface area contributed by atoms with Crippen LogP contribution in [-0.4, -0.2) is 36.9 Å². The molecule has 168 valence electrons. The van der Waals surface area contributed by atoms with Gasteiger partial charge in [0.25, 0.3) is 0 Å². The molecule has 3 atom stereocenters. The molecule has 0 radical (unpaired) electrons. The monoisotopic (exact) mass is 419 g/mol. The number of esters is 1. The second-order valence-electron chi connectivity index (χ2n) is 9.32. The van der Waals surface area contributed by atoms with Gasteiger partial charge in [-0.05, 0) is 76.5 Å². The standard InChI is InChI=1S/C24H37NO5/c1-17-7-6-8-21(15-17)29-22(26)14-11-19(25-23(27)30-24(2,3)4)16-18-9-12-20(28-5)13-10-18/h9-10,12-13,17,19,21H,6-8,11,14-16H2,1-5H3,(H,25,27). The third kappa shape index (κ3) is 9.06. The average Bonchev–Trinajstić information content (AvgIpc) is 2.65. The number of benzene rings is 1. The molecule has 0 bridgehead atoms. The van der Waals surface area contributed by atoms with Crippen molar-refractivity contribution in [1.29, 1.82) is 0 Å². The summed E-state index contributed by atoms with van der Waals surface area (Å²) in [5.74, 6) is 1.19. The zero-order chi connectivity index (χ0) is 22.1. The van der Waals surface area contributed by atoms with Gasteiger partial charge < -0.3 is 19.5 Å². The number of ether oxygens (including phenoxy) is 3. The summed E-state index contributed by atoms with van der Waals surface area (Å²) >= 11 is 0. The molecule has 0 aromatic heterocycles. The van der Waals surface area contributed by atoms with E-state index in [9.17, 15) is 9.59 Å². The SMILES string of the molecule is COc1ccc(CC(CCC(=O)OC2CCCC(C)C2)NC(=O)OC(C)(C)C)cc1. The Hall–Kier alpha value is -2.24. The molecule has 1 aliphatic rings. The molecule has 6 heteroatoms. The highest BCUT2D eigenvalue weighted by atomic mass is 16.6. The minimum Gasteiger partial charge on any atom is -0.497 e. The molecule has 1 amide bonds. The van der Waals surface area contributed by atoms with Gasteiger partial charge >= 0.3 is 12.1 Å². The lowest BCUT2D eigenvalue weighted by Gasteiger charge is -2.27. The molecule has 3 unspecified atom stereocenters. The van der Waals surface area contributed by atoms with Crippen molar-refractivity contribution in [3.8, 4) is 5.75 Å². The molecule has 6 nitrogen and oxygen atoms in total. The number of carbonyl (C=O) groups is 2. The van der Waals surface area contributed by atoms with Crippen LogP contribution >= 0.6 is 0 Å². The molecule has 1 aromatic rings. The minimum absolute atomic E-state index is 0.0279. The summed E-state index contributed by atoms with van der Waals surface area (Å²) in [4.78, 5) is 24.7. The van der Waals surface area contributed by atoms with E-state index >= 15 is 0 Å². The van der Waals surface area contributed by atoms with Crippen molar-refractivity contribution in [1.82, 2.24) is 5.32 Å². The Bertz CT molecular complexity index is 680. The van der Waals surface area contributed by atoms with Gasteiger partial charge in [0.2, 0.25) is 0 Å². The Morgan fingerprint density at radius 2 is 1.87 bits per heavy atom. The zero-order valence-corrected chi connectivity index (χ0v) is 19.0. The van der Waals surface area contributed by atoms with Crippen LogP contribution in [0.1, 0.15) is 71.8 Å². The van der Waals surface area contributed by atoms with Crippen molar-refractivity contribution >= 4 is 12.1 Å². The second kappa shape index (κ2) is 11.2. The highest BCUT2D eigenvalue weighted by Crippen LogP contribution is 2.26. The van der Waals surface area contributed by atoms with Gasteiger partial charge in [-0.3, -0.25) is 4.79 Å². The Kier molecular flexibility index (Phi) is 9.00. The lowest BCUT2D eigenvalue weighted by molar-refractivity contribution is -0.151. The molecule has 0 saturated heterocycles. The fourth-order valence-corrected chi connectivity index (χ4v) is 3.77. The molecule has 1 N–H and O–H groups in total. The van der Waals surface area contributed by atoms with E-state index in [2.05, 4.69) is 12.2 Å². The van der Waals surface area contributed by atoms with Gasteiger partial charge in [0, 0.05) is 12.5 Å². The topological polar surface area (TPSA) is 73.9 Å². The maximum absolute atomic E-state index is 12.4. The Morgan fingerprint density at radius 1 is 1.17 bits per heavy atom. The number of hydrogen-bond donors (Lipinski definition) is 1. The number of rotatable bonds is 8. The van der Waals surface area contributed by atoms with E-state index in [4.69, 9.17) is 14.2 Å². The van der Waals surface area contributed by atoms with Crippen LogP contribution in [0.15, 0.2) is 24.3 Å². The van der Waals surface area contributed by atoms with Crippen LogP contribution in [0.2, 0.25) is 0 Å². The molecular weight excluding hydrogens is 382 g/mol. The molecular formula is C24H37NO5. The fourth-order valence-electron chi connectivity index (χ4n) is 3.77. The van der Waals surface area contributed by atoms with E-state index in [1.807, 2.05) is 45.0 Å². The smallest absolute Gasteiger partial charge is 0.407 e. The minimum atomic E-state index is -0.578. The van der Waals surface area contributed by atoms with E-state index < -0.39 is 11.7 Å². The van der Waals surface area contributed by atoms with Gasteiger partial charge in [0.15, 0.2) is 0 Å². The molecule has 30 heavy (non-hydrogen) atoms. The Labute approximate surface area is 180 Å². The highest BCUT2D eigenvalue weighted by molar-refractivity contribution is 5.70. The quantitative estimate of drug-likeness (QED) is 0.598. The lowest BCUT2D eigenvalue weighted by Crippen LogP contribution is -2.40. The first kappa shape index (κ1) is 24.0. The number of nitrogens with one attached hydrogen (secondary N) is 1. The van der Waals surface area contributed by atoms with E-state index in [-0.39, 0.29) is 24.5 Å². The normalized spacial score (nSPS) is 20.2. The first-order chi connectivity index (χ1) is 14.1. The summed E-state index contributed by atoms with van der Waals surface area (Å²) in [6.07, 6.45) is 5.11. The highest BCUT2D eigenvalue weighted by Gasteiger charge is 2.24. The van der Waals surface area contributed by atoms with E-state index in [1.165, 1.54) is 6.42 Å². The van der Waals surface area contributed by atoms with Crippen molar-refractivity contribution in [3.05, 3.63) is 29.8 Å². The van der Waals surface area contributed by atoms with Crippen molar-refractivity contribution in [3.63, 3.8) is 0 Å². The van der Waals surface area contributed by atoms with Crippen LogP contribution in [0.25, 0.3) is 0 Å². The number of amides is 1. The van der Waals surface area contributed by atoms with E-state index in [0.29, 0.717) is 18.8 Å². The summed E-state index contributed by atoms with van der Waals surface area (Å²) in [5, 5.41) is 2.92. The van der Waals surface area contributed by atoms with Crippen molar-refractivity contribution < 1.29 is 23.8 Å². The molecule has 1 saturated carbocycles. The number of hydrogen-bond acceptors (Lipinski definition) is 5. The summed E-state index contributed by atoms with van der Waals surface area (Å²) in [6, 6.07) is 7.47. The van der Waals surface area contributed by atoms with Gasteiger partial charge in [-0.25, -0.2) is 4.79 Å². The molecule has 0 heterocycles. The predicted molar refractivity (Wildman–Crippen MR) is 117 cm³/mol. The van der Waals surface area contributed by atoms with Crippen LogP contribution in [0.5, 0.6) is 5.75 Å². The first-order valence-corrected chi connectivity index (χ1v) is 11.0. The summed E-state index contributed by atoms with van der Waals surface area (Å²) in [6.45, 7) is 7.68. The van der Waals surface area contributed by atoms with Gasteiger partial charge in [0.05, 0.1) is 7.11 Å². The molecule has 0 aliphatic heterocycles. The van der Waals surface area contributed by atoms with E-state index in [1.54, 1.807) is 7.11 Å². The molecule has 2 rings (SSSR count). The molecule has 1 aromatic carbocycles. The number of carbonyl (C=O) groups excluding carboxylic acids is 2. The van der Waals surface area contributed by atoms with Gasteiger partial charge in [-0.15, -0.1) is 0 Å². The largest absolute Gasteiger partial charge is 0.497 e. The zero-order valence-electron chi connectivity index (χ0n) is 19.0. The van der Waals surface area contributed by atoms with E-state index in [0.717, 1.165) is 30.6 Å². The van der Waals surface area contributed by atoms with Crippen LogP contribution in [-0.2, 0) is 20.7 Å². The van der Waals surface area contributed by atoms with Crippen LogP contribution < -0.4 is 10.1 Å². The summed E-state index contributed by atoms with van der Waals surface area (Å²) < 4.78 is 16.3. The fraction of sp³-hybridized carbons (Fsp3) is 0.667. The molecule has 1 fully saturated rings. The third-order valence-corrected chi connectivity index (χ3v) is 5.25. The number of methoxy groups -OCH3 is 1. The van der Waals surface area contributed by atoms with Crippen molar-refractivity contribution in [2.24, 2.45) is 5.92 Å². The molecule has 0 spiro atoms. The average molecular weight is 420 g/mol.